The Morgan fingerprint density at radius 2 is 1.93 bits per heavy atom. The van der Waals surface area contributed by atoms with Crippen LogP contribution in [0.5, 0.6) is 0 Å². The molecule has 0 radical (unpaired) electrons. The Kier molecular flexibility index (Phi) is 2.64. The van der Waals surface area contributed by atoms with E-state index < -0.39 is 6.43 Å². The highest BCUT2D eigenvalue weighted by molar-refractivity contribution is 7.17. The number of halogens is 4. The van der Waals surface area contributed by atoms with Crippen LogP contribution >= 0.6 is 34.5 Å². The highest BCUT2D eigenvalue weighted by Crippen LogP contribution is 2.40. The van der Waals surface area contributed by atoms with Gasteiger partial charge in [0.05, 0.1) is 10.0 Å². The number of thiophene rings is 1. The van der Waals surface area contributed by atoms with E-state index >= 15 is 0 Å². The molecule has 0 N–H and O–H groups in total. The van der Waals surface area contributed by atoms with Crippen molar-refractivity contribution in [3.05, 3.63) is 33.1 Å². The van der Waals surface area contributed by atoms with Gasteiger partial charge in [-0.3, -0.25) is 0 Å². The second kappa shape index (κ2) is 3.65. The second-order valence-corrected chi connectivity index (χ2v) is 4.42. The molecule has 74 valence electrons. The highest BCUT2D eigenvalue weighted by Gasteiger charge is 2.17. The van der Waals surface area contributed by atoms with Crippen molar-refractivity contribution in [1.29, 1.82) is 0 Å². The van der Waals surface area contributed by atoms with Crippen LogP contribution in [0.1, 0.15) is 12.0 Å². The van der Waals surface area contributed by atoms with Crippen LogP contribution in [0.2, 0.25) is 10.0 Å². The molecule has 0 aliphatic carbocycles. The molecule has 1 aromatic heterocycles. The third kappa shape index (κ3) is 1.49. The topological polar surface area (TPSA) is 0 Å². The van der Waals surface area contributed by atoms with Gasteiger partial charge >= 0.3 is 0 Å². The highest BCUT2D eigenvalue weighted by atomic mass is 35.5. The van der Waals surface area contributed by atoms with E-state index in [0.717, 1.165) is 4.70 Å². The minimum absolute atomic E-state index is 0.0440. The quantitative estimate of drug-likeness (QED) is 0.659. The first-order valence-corrected chi connectivity index (χ1v) is 5.38. The molecule has 1 heterocycles. The fourth-order valence-corrected chi connectivity index (χ4v) is 2.69. The summed E-state index contributed by atoms with van der Waals surface area (Å²) >= 11 is 12.8. The summed E-state index contributed by atoms with van der Waals surface area (Å²) in [5.41, 5.74) is -0.0440. The van der Waals surface area contributed by atoms with Crippen LogP contribution in [0, 0.1) is 0 Å². The Morgan fingerprint density at radius 1 is 1.21 bits per heavy atom. The van der Waals surface area contributed by atoms with Crippen LogP contribution in [0.25, 0.3) is 10.1 Å². The predicted octanol–water partition coefficient (Wildman–Crippen LogP) is 5.15. The van der Waals surface area contributed by atoms with Crippen LogP contribution in [0.15, 0.2) is 17.5 Å². The van der Waals surface area contributed by atoms with Crippen LogP contribution in [-0.4, -0.2) is 0 Å². The molecule has 5 heteroatoms. The van der Waals surface area contributed by atoms with Crippen molar-refractivity contribution >= 4 is 44.6 Å². The average molecular weight is 253 g/mol. The molecule has 0 bridgehead atoms. The van der Waals surface area contributed by atoms with Gasteiger partial charge in [-0.25, -0.2) is 8.78 Å². The maximum atomic E-state index is 12.5. The number of fused-ring (bicyclic) bond motifs is 1. The molecule has 0 nitrogen and oxygen atoms in total. The van der Waals surface area contributed by atoms with Gasteiger partial charge in [-0.2, -0.15) is 0 Å². The predicted molar refractivity (Wildman–Crippen MR) is 56.8 cm³/mol. The Morgan fingerprint density at radius 3 is 2.57 bits per heavy atom. The van der Waals surface area contributed by atoms with Crippen LogP contribution in [-0.2, 0) is 0 Å². The summed E-state index contributed by atoms with van der Waals surface area (Å²) in [7, 11) is 0. The molecule has 0 aliphatic heterocycles. The van der Waals surface area contributed by atoms with Gasteiger partial charge in [-0.15, -0.1) is 11.3 Å². The van der Waals surface area contributed by atoms with Crippen molar-refractivity contribution in [1.82, 2.24) is 0 Å². The largest absolute Gasteiger partial charge is 0.265 e. The Bertz CT molecular complexity index is 479. The summed E-state index contributed by atoms with van der Waals surface area (Å²) in [5, 5.41) is 2.30. The zero-order valence-corrected chi connectivity index (χ0v) is 9.06. The fourth-order valence-electron chi connectivity index (χ4n) is 1.25. The third-order valence-electron chi connectivity index (χ3n) is 1.89. The van der Waals surface area contributed by atoms with Crippen molar-refractivity contribution in [2.45, 2.75) is 6.43 Å². The van der Waals surface area contributed by atoms with Gasteiger partial charge in [0, 0.05) is 21.0 Å². The number of rotatable bonds is 1. The second-order valence-electron chi connectivity index (χ2n) is 2.73. The van der Waals surface area contributed by atoms with E-state index in [4.69, 9.17) is 23.2 Å². The van der Waals surface area contributed by atoms with E-state index in [0.29, 0.717) is 10.4 Å². The number of alkyl halides is 2. The van der Waals surface area contributed by atoms with E-state index in [1.807, 2.05) is 0 Å². The zero-order valence-electron chi connectivity index (χ0n) is 6.73. The first kappa shape index (κ1) is 10.1. The fraction of sp³-hybridized carbons (Fsp3) is 0.111. The minimum Gasteiger partial charge on any atom is -0.205 e. The van der Waals surface area contributed by atoms with Gasteiger partial charge in [0.25, 0.3) is 6.43 Å². The summed E-state index contributed by atoms with van der Waals surface area (Å²) < 4.78 is 25.8. The Balaban J connectivity index is 2.82. The molecule has 0 atom stereocenters. The van der Waals surface area contributed by atoms with E-state index in [9.17, 15) is 8.78 Å². The molecule has 2 aromatic rings. The van der Waals surface area contributed by atoms with Gasteiger partial charge in [-0.1, -0.05) is 23.2 Å². The van der Waals surface area contributed by atoms with Gasteiger partial charge < -0.3 is 0 Å². The molecule has 0 unspecified atom stereocenters. The van der Waals surface area contributed by atoms with Crippen molar-refractivity contribution in [3.63, 3.8) is 0 Å². The summed E-state index contributed by atoms with van der Waals surface area (Å²) in [6, 6.07) is 3.30. The molecule has 14 heavy (non-hydrogen) atoms. The van der Waals surface area contributed by atoms with Crippen molar-refractivity contribution in [3.8, 4) is 0 Å². The zero-order chi connectivity index (χ0) is 10.3. The summed E-state index contributed by atoms with van der Waals surface area (Å²) in [6.07, 6.45) is -2.51. The van der Waals surface area contributed by atoms with E-state index in [1.54, 1.807) is 12.1 Å². The van der Waals surface area contributed by atoms with Gasteiger partial charge in [0.15, 0.2) is 0 Å². The first-order chi connectivity index (χ1) is 6.61. The molecule has 0 amide bonds. The minimum atomic E-state index is -2.51. The van der Waals surface area contributed by atoms with Crippen molar-refractivity contribution in [2.24, 2.45) is 0 Å². The molecule has 0 saturated carbocycles. The van der Waals surface area contributed by atoms with Crippen molar-refractivity contribution < 1.29 is 8.78 Å². The molecular formula is C9H4Cl2F2S. The molecule has 2 rings (SSSR count). The molecule has 1 aromatic carbocycles. The normalized spacial score (nSPS) is 11.5. The molecule has 0 fully saturated rings. The standard InChI is InChI=1S/C9H4Cl2F2S/c10-5-1-2-6-7(8(5)11)4(3-14-6)9(12)13/h1-3,9H. The lowest BCUT2D eigenvalue weighted by Gasteiger charge is -2.00. The van der Waals surface area contributed by atoms with E-state index in [1.165, 1.54) is 16.7 Å². The molecule has 0 aliphatic rings. The lowest BCUT2D eigenvalue weighted by atomic mass is 10.2. The Hall–Kier alpha value is -0.380. The van der Waals surface area contributed by atoms with Crippen LogP contribution < -0.4 is 0 Å². The third-order valence-corrected chi connectivity index (χ3v) is 3.66. The Labute approximate surface area is 93.1 Å². The van der Waals surface area contributed by atoms with E-state index in [2.05, 4.69) is 0 Å². The van der Waals surface area contributed by atoms with Crippen LogP contribution in [0.3, 0.4) is 0 Å². The summed E-state index contributed by atoms with van der Waals surface area (Å²) in [4.78, 5) is 0. The summed E-state index contributed by atoms with van der Waals surface area (Å²) in [6.45, 7) is 0. The smallest absolute Gasteiger partial charge is 0.205 e. The lowest BCUT2D eigenvalue weighted by Crippen LogP contribution is -1.81. The van der Waals surface area contributed by atoms with Crippen LogP contribution in [0.4, 0.5) is 8.78 Å². The number of benzene rings is 1. The lowest BCUT2D eigenvalue weighted by molar-refractivity contribution is 0.153. The maximum Gasteiger partial charge on any atom is 0.265 e. The number of hydrogen-bond acceptors (Lipinski definition) is 1. The molecule has 0 saturated heterocycles. The average Bonchev–Trinajstić information content (AvgIpc) is 2.55. The van der Waals surface area contributed by atoms with Gasteiger partial charge in [0.2, 0.25) is 0 Å². The SMILES string of the molecule is FC(F)c1csc2ccc(Cl)c(Cl)c12. The monoisotopic (exact) mass is 252 g/mol. The van der Waals surface area contributed by atoms with E-state index in [-0.39, 0.29) is 10.6 Å². The maximum absolute atomic E-state index is 12.5. The first-order valence-electron chi connectivity index (χ1n) is 3.74. The molecular weight excluding hydrogens is 249 g/mol. The van der Waals surface area contributed by atoms with Gasteiger partial charge in [0.1, 0.15) is 0 Å². The van der Waals surface area contributed by atoms with Gasteiger partial charge in [-0.05, 0) is 12.1 Å². The van der Waals surface area contributed by atoms with Crippen molar-refractivity contribution in [2.75, 3.05) is 0 Å². The summed E-state index contributed by atoms with van der Waals surface area (Å²) in [5.74, 6) is 0. The number of hydrogen-bond donors (Lipinski definition) is 0. The molecule has 0 spiro atoms.